The van der Waals surface area contributed by atoms with Crippen LogP contribution in [0, 0.1) is 5.82 Å². The highest BCUT2D eigenvalue weighted by Gasteiger charge is 2.32. The predicted octanol–water partition coefficient (Wildman–Crippen LogP) is 4.59. The van der Waals surface area contributed by atoms with E-state index in [0.29, 0.717) is 27.8 Å². The lowest BCUT2D eigenvalue weighted by Gasteiger charge is -2.15. The quantitative estimate of drug-likeness (QED) is 0.336. The van der Waals surface area contributed by atoms with Gasteiger partial charge in [-0.2, -0.15) is 0 Å². The first-order chi connectivity index (χ1) is 18.7. The summed E-state index contributed by atoms with van der Waals surface area (Å²) in [6.45, 7) is 1.83. The fourth-order valence-corrected chi connectivity index (χ4v) is 5.74. The second-order valence-electron chi connectivity index (χ2n) is 9.22. The molecule has 1 atom stereocenters. The van der Waals surface area contributed by atoms with Crippen molar-refractivity contribution in [2.75, 3.05) is 18.0 Å². The number of rotatable bonds is 8. The maximum Gasteiger partial charge on any atom is 0.414 e. The molecule has 10 heteroatoms. The van der Waals surface area contributed by atoms with Crippen molar-refractivity contribution in [3.8, 4) is 11.1 Å². The van der Waals surface area contributed by atoms with E-state index in [1.54, 1.807) is 60.7 Å². The fraction of sp³-hybridized carbons (Fsp3) is 0.172. The Morgan fingerprint density at radius 2 is 1.77 bits per heavy atom. The van der Waals surface area contributed by atoms with E-state index in [2.05, 4.69) is 10.0 Å². The molecule has 2 N–H and O–H groups in total. The molecule has 0 aromatic heterocycles. The average molecular weight is 548 g/mol. The van der Waals surface area contributed by atoms with E-state index in [0.717, 1.165) is 5.39 Å². The van der Waals surface area contributed by atoms with Gasteiger partial charge in [0.2, 0.25) is 15.9 Å². The molecule has 4 aromatic carbocycles. The van der Waals surface area contributed by atoms with Gasteiger partial charge in [-0.25, -0.2) is 22.3 Å². The summed E-state index contributed by atoms with van der Waals surface area (Å²) in [5.74, 6) is -0.747. The van der Waals surface area contributed by atoms with Crippen molar-refractivity contribution in [1.29, 1.82) is 0 Å². The summed E-state index contributed by atoms with van der Waals surface area (Å²) in [6, 6.07) is 23.8. The van der Waals surface area contributed by atoms with Gasteiger partial charge < -0.3 is 10.1 Å². The number of halogens is 1. The molecule has 1 saturated heterocycles. The molecule has 1 fully saturated rings. The number of cyclic esters (lactones) is 1. The molecule has 0 aliphatic carbocycles. The van der Waals surface area contributed by atoms with E-state index < -0.39 is 28.0 Å². The maximum atomic E-state index is 15.1. The number of sulfonamides is 1. The van der Waals surface area contributed by atoms with Crippen LogP contribution in [0.4, 0.5) is 14.9 Å². The van der Waals surface area contributed by atoms with Gasteiger partial charge in [0.25, 0.3) is 0 Å². The smallest absolute Gasteiger partial charge is 0.414 e. The average Bonchev–Trinajstić information content (AvgIpc) is 3.31. The molecule has 39 heavy (non-hydrogen) atoms. The van der Waals surface area contributed by atoms with Crippen molar-refractivity contribution in [3.63, 3.8) is 0 Å². The molecular formula is C29H26FN3O5S. The molecule has 1 aliphatic rings. The minimum atomic E-state index is -3.76. The van der Waals surface area contributed by atoms with Gasteiger partial charge in [-0.3, -0.25) is 9.69 Å². The van der Waals surface area contributed by atoms with Crippen LogP contribution in [0.5, 0.6) is 0 Å². The molecule has 0 bridgehead atoms. The lowest BCUT2D eigenvalue weighted by Crippen LogP contribution is -2.33. The van der Waals surface area contributed by atoms with Gasteiger partial charge in [-0.15, -0.1) is 0 Å². The highest BCUT2D eigenvalue weighted by atomic mass is 32.2. The van der Waals surface area contributed by atoms with E-state index in [4.69, 9.17) is 4.74 Å². The Labute approximate surface area is 225 Å². The van der Waals surface area contributed by atoms with Crippen LogP contribution in [-0.4, -0.2) is 39.6 Å². The molecule has 200 valence electrons. The van der Waals surface area contributed by atoms with Gasteiger partial charge in [0.05, 0.1) is 23.7 Å². The van der Waals surface area contributed by atoms with Crippen LogP contribution in [0.15, 0.2) is 89.8 Å². The van der Waals surface area contributed by atoms with Crippen LogP contribution in [0.3, 0.4) is 0 Å². The van der Waals surface area contributed by atoms with Gasteiger partial charge in [0.15, 0.2) is 0 Å². The first-order valence-electron chi connectivity index (χ1n) is 12.3. The molecule has 0 saturated carbocycles. The zero-order valence-electron chi connectivity index (χ0n) is 21.1. The second kappa shape index (κ2) is 10.8. The monoisotopic (exact) mass is 547 g/mol. The van der Waals surface area contributed by atoms with Crippen molar-refractivity contribution >= 4 is 38.5 Å². The fourth-order valence-electron chi connectivity index (χ4n) is 4.49. The molecule has 0 radical (unpaired) electrons. The van der Waals surface area contributed by atoms with Gasteiger partial charge >= 0.3 is 6.09 Å². The summed E-state index contributed by atoms with van der Waals surface area (Å²) in [7, 11) is -3.76. The van der Waals surface area contributed by atoms with E-state index in [1.807, 2.05) is 18.2 Å². The normalized spacial score (nSPS) is 15.4. The summed E-state index contributed by atoms with van der Waals surface area (Å²) in [6.07, 6.45) is -1.12. The number of hydrogen-bond acceptors (Lipinski definition) is 5. The van der Waals surface area contributed by atoms with Gasteiger partial charge in [0, 0.05) is 24.4 Å². The van der Waals surface area contributed by atoms with Crippen LogP contribution < -0.4 is 14.9 Å². The van der Waals surface area contributed by atoms with Crippen LogP contribution in [-0.2, 0) is 26.1 Å². The predicted molar refractivity (Wildman–Crippen MR) is 146 cm³/mol. The van der Waals surface area contributed by atoms with E-state index in [-0.39, 0.29) is 30.4 Å². The summed E-state index contributed by atoms with van der Waals surface area (Å²) in [5.41, 5.74) is 2.01. The highest BCUT2D eigenvalue weighted by molar-refractivity contribution is 7.89. The van der Waals surface area contributed by atoms with Gasteiger partial charge in [0.1, 0.15) is 11.9 Å². The minimum absolute atomic E-state index is 0.0734. The second-order valence-corrected chi connectivity index (χ2v) is 11.0. The van der Waals surface area contributed by atoms with Crippen molar-refractivity contribution in [2.24, 2.45) is 0 Å². The Bertz CT molecular complexity index is 1650. The lowest BCUT2D eigenvalue weighted by molar-refractivity contribution is -0.119. The van der Waals surface area contributed by atoms with E-state index in [9.17, 15) is 18.0 Å². The van der Waals surface area contributed by atoms with Crippen molar-refractivity contribution in [2.45, 2.75) is 24.5 Å². The molecule has 0 spiro atoms. The molecule has 8 nitrogen and oxygen atoms in total. The molecule has 0 unspecified atom stereocenters. The SMILES string of the molecule is CC(=O)NC[C@H]1CN(c2ccc(-c3ccc(CNS(=O)(=O)c4cccc5ccccc45)cc3)c(F)c2)C(=O)O1. The number of hydrogen-bond donors (Lipinski definition) is 2. The van der Waals surface area contributed by atoms with Crippen LogP contribution >= 0.6 is 0 Å². The number of benzene rings is 4. The maximum absolute atomic E-state index is 15.1. The first-order valence-corrected chi connectivity index (χ1v) is 13.8. The topological polar surface area (TPSA) is 105 Å². The van der Waals surface area contributed by atoms with E-state index in [1.165, 1.54) is 17.9 Å². The molecule has 1 aliphatic heterocycles. The Morgan fingerprint density at radius 3 is 2.51 bits per heavy atom. The molecule has 1 heterocycles. The number of nitrogens with zero attached hydrogens (tertiary/aromatic N) is 1. The third-order valence-corrected chi connectivity index (χ3v) is 7.95. The third kappa shape index (κ3) is 5.76. The summed E-state index contributed by atoms with van der Waals surface area (Å²) in [4.78, 5) is 24.9. The first kappa shape index (κ1) is 26.3. The van der Waals surface area contributed by atoms with Gasteiger partial charge in [-0.05, 0) is 40.8 Å². The Kier molecular flexibility index (Phi) is 7.32. The minimum Gasteiger partial charge on any atom is -0.442 e. The number of amides is 2. The number of carbonyl (C=O) groups excluding carboxylic acids is 2. The van der Waals surface area contributed by atoms with Crippen LogP contribution in [0.25, 0.3) is 21.9 Å². The Balaban J connectivity index is 1.26. The van der Waals surface area contributed by atoms with Crippen LogP contribution in [0.2, 0.25) is 0 Å². The molecule has 5 rings (SSSR count). The van der Waals surface area contributed by atoms with Crippen molar-refractivity contribution in [3.05, 3.63) is 96.3 Å². The summed E-state index contributed by atoms with van der Waals surface area (Å²) < 4.78 is 48.9. The number of anilines is 1. The Morgan fingerprint density at radius 1 is 1.03 bits per heavy atom. The third-order valence-electron chi connectivity index (χ3n) is 6.49. The highest BCUT2D eigenvalue weighted by Crippen LogP contribution is 2.29. The lowest BCUT2D eigenvalue weighted by atomic mass is 10.0. The summed E-state index contributed by atoms with van der Waals surface area (Å²) in [5, 5.41) is 4.09. The molecule has 4 aromatic rings. The molecular weight excluding hydrogens is 521 g/mol. The van der Waals surface area contributed by atoms with Crippen molar-refractivity contribution < 1.29 is 27.1 Å². The number of nitrogens with one attached hydrogen (secondary N) is 2. The van der Waals surface area contributed by atoms with Crippen molar-refractivity contribution in [1.82, 2.24) is 10.0 Å². The van der Waals surface area contributed by atoms with Gasteiger partial charge in [-0.1, -0.05) is 60.7 Å². The zero-order chi connectivity index (χ0) is 27.6. The van der Waals surface area contributed by atoms with Crippen LogP contribution in [0.1, 0.15) is 12.5 Å². The van der Waals surface area contributed by atoms with E-state index >= 15 is 4.39 Å². The Hall–Kier alpha value is -4.28. The zero-order valence-corrected chi connectivity index (χ0v) is 21.9. The standard InChI is InChI=1S/C29H26FN3O5S/c1-19(34)31-17-24-18-33(29(35)38-24)23-13-14-25(27(30)15-23)22-11-9-20(10-12-22)16-32-39(36,37)28-8-4-6-21-5-2-3-7-26(21)28/h2-15,24,32H,16-18H2,1H3,(H,31,34)/t24-/m0/s1. The number of ether oxygens (including phenoxy) is 1. The summed E-state index contributed by atoms with van der Waals surface area (Å²) >= 11 is 0. The largest absolute Gasteiger partial charge is 0.442 e. The number of carbonyl (C=O) groups is 2. The molecule has 2 amide bonds. The number of fused-ring (bicyclic) bond motifs is 1.